The molecule has 0 spiro atoms. The molecule has 0 fully saturated rings. The Kier molecular flexibility index (Phi) is 4.69. The molecular formula is C12H12N2OS. The van der Waals surface area contributed by atoms with Gasteiger partial charge in [-0.1, -0.05) is 13.3 Å². The zero-order chi connectivity index (χ0) is 12.0. The largest absolute Gasteiger partial charge is 0.254 e. The monoisotopic (exact) mass is 232 g/mol. The average molecular weight is 232 g/mol. The van der Waals surface area contributed by atoms with E-state index in [0.29, 0.717) is 21.8 Å². The molecule has 1 unspecified atom stereocenters. The molecule has 0 bridgehead atoms. The van der Waals surface area contributed by atoms with Gasteiger partial charge in [-0.2, -0.15) is 10.5 Å². The van der Waals surface area contributed by atoms with Gasteiger partial charge in [-0.15, -0.1) is 0 Å². The fourth-order valence-electron chi connectivity index (χ4n) is 1.25. The molecule has 3 nitrogen and oxygen atoms in total. The molecule has 1 rings (SSSR count). The Morgan fingerprint density at radius 3 is 2.50 bits per heavy atom. The zero-order valence-corrected chi connectivity index (χ0v) is 9.88. The Labute approximate surface area is 97.8 Å². The Bertz CT molecular complexity index is 483. The number of rotatable bonds is 4. The summed E-state index contributed by atoms with van der Waals surface area (Å²) in [5.74, 6) is 0.604. The van der Waals surface area contributed by atoms with Crippen molar-refractivity contribution < 1.29 is 4.21 Å². The van der Waals surface area contributed by atoms with Crippen molar-refractivity contribution >= 4 is 10.8 Å². The molecule has 0 aliphatic rings. The highest BCUT2D eigenvalue weighted by atomic mass is 32.2. The van der Waals surface area contributed by atoms with Crippen LogP contribution >= 0.6 is 0 Å². The van der Waals surface area contributed by atoms with Crippen LogP contribution in [0.4, 0.5) is 0 Å². The Morgan fingerprint density at radius 2 is 1.94 bits per heavy atom. The number of unbranched alkanes of at least 4 members (excludes halogenated alkanes) is 1. The van der Waals surface area contributed by atoms with E-state index in [1.165, 1.54) is 0 Å². The first-order valence-electron chi connectivity index (χ1n) is 5.05. The van der Waals surface area contributed by atoms with Crippen molar-refractivity contribution in [2.75, 3.05) is 5.75 Å². The summed E-state index contributed by atoms with van der Waals surface area (Å²) < 4.78 is 11.8. The third kappa shape index (κ3) is 2.92. The van der Waals surface area contributed by atoms with Crippen molar-refractivity contribution in [3.05, 3.63) is 29.3 Å². The van der Waals surface area contributed by atoms with Gasteiger partial charge in [0.05, 0.1) is 21.9 Å². The van der Waals surface area contributed by atoms with Crippen molar-refractivity contribution in [3.63, 3.8) is 0 Å². The summed E-state index contributed by atoms with van der Waals surface area (Å²) in [5.41, 5.74) is 0.628. The Hall–Kier alpha value is -1.65. The molecule has 1 atom stereocenters. The number of nitrogens with zero attached hydrogens (tertiary/aromatic N) is 2. The Morgan fingerprint density at radius 1 is 1.25 bits per heavy atom. The third-order valence-corrected chi connectivity index (χ3v) is 3.62. The first-order chi connectivity index (χ1) is 7.72. The molecule has 82 valence electrons. The second kappa shape index (κ2) is 6.05. The summed E-state index contributed by atoms with van der Waals surface area (Å²) in [6.45, 7) is 2.04. The average Bonchev–Trinajstić information content (AvgIpc) is 2.34. The second-order valence-electron chi connectivity index (χ2n) is 3.33. The van der Waals surface area contributed by atoms with Crippen molar-refractivity contribution in [2.45, 2.75) is 24.7 Å². The minimum absolute atomic E-state index is 0.296. The smallest absolute Gasteiger partial charge is 0.101 e. The topological polar surface area (TPSA) is 64.7 Å². The zero-order valence-electron chi connectivity index (χ0n) is 9.06. The highest BCUT2D eigenvalue weighted by molar-refractivity contribution is 7.85. The fourth-order valence-corrected chi connectivity index (χ4v) is 2.50. The van der Waals surface area contributed by atoms with Crippen molar-refractivity contribution in [2.24, 2.45) is 0 Å². The molecule has 0 aliphatic heterocycles. The molecule has 0 radical (unpaired) electrons. The van der Waals surface area contributed by atoms with Crippen LogP contribution < -0.4 is 0 Å². The van der Waals surface area contributed by atoms with Crippen LogP contribution in [0.25, 0.3) is 0 Å². The van der Waals surface area contributed by atoms with Gasteiger partial charge >= 0.3 is 0 Å². The van der Waals surface area contributed by atoms with Gasteiger partial charge in [-0.05, 0) is 24.6 Å². The maximum Gasteiger partial charge on any atom is 0.101 e. The second-order valence-corrected chi connectivity index (χ2v) is 4.90. The first-order valence-corrected chi connectivity index (χ1v) is 6.37. The fraction of sp³-hybridized carbons (Fsp3) is 0.333. The summed E-state index contributed by atoms with van der Waals surface area (Å²) in [5, 5.41) is 17.6. The van der Waals surface area contributed by atoms with Crippen LogP contribution in [-0.2, 0) is 10.8 Å². The van der Waals surface area contributed by atoms with Gasteiger partial charge in [-0.25, -0.2) is 0 Å². The highest BCUT2D eigenvalue weighted by Gasteiger charge is 2.07. The minimum Gasteiger partial charge on any atom is -0.254 e. The number of hydrogen-bond donors (Lipinski definition) is 0. The van der Waals surface area contributed by atoms with Gasteiger partial charge in [0.15, 0.2) is 0 Å². The van der Waals surface area contributed by atoms with Crippen LogP contribution in [0, 0.1) is 22.7 Å². The lowest BCUT2D eigenvalue weighted by Gasteiger charge is -2.02. The predicted molar refractivity (Wildman–Crippen MR) is 62.1 cm³/mol. The van der Waals surface area contributed by atoms with E-state index in [-0.39, 0.29) is 0 Å². The van der Waals surface area contributed by atoms with Crippen molar-refractivity contribution in [1.29, 1.82) is 10.5 Å². The predicted octanol–water partition coefficient (Wildman–Crippen LogP) is 2.34. The molecule has 0 aliphatic carbocycles. The van der Waals surface area contributed by atoms with E-state index < -0.39 is 10.8 Å². The summed E-state index contributed by atoms with van der Waals surface area (Å²) in [6.07, 6.45) is 1.89. The van der Waals surface area contributed by atoms with Crippen molar-refractivity contribution in [1.82, 2.24) is 0 Å². The first kappa shape index (κ1) is 12.4. The SMILES string of the molecule is CCCCS(=O)c1ccc(C#N)c(C#N)c1. The van der Waals surface area contributed by atoms with E-state index in [9.17, 15) is 4.21 Å². The van der Waals surface area contributed by atoms with Gasteiger partial charge in [0, 0.05) is 10.6 Å². The maximum atomic E-state index is 11.8. The minimum atomic E-state index is -1.07. The molecule has 0 heterocycles. The van der Waals surface area contributed by atoms with Crippen molar-refractivity contribution in [3.8, 4) is 12.1 Å². The standard InChI is InChI=1S/C12H12N2OS/c1-2-3-6-16(15)12-5-4-10(8-13)11(7-12)9-14/h4-5,7H,2-3,6H2,1H3. The van der Waals surface area contributed by atoms with E-state index in [1.54, 1.807) is 18.2 Å². The van der Waals surface area contributed by atoms with Gasteiger partial charge in [-0.3, -0.25) is 4.21 Å². The molecule has 1 aromatic carbocycles. The maximum absolute atomic E-state index is 11.8. The van der Waals surface area contributed by atoms with Crippen LogP contribution in [-0.4, -0.2) is 9.96 Å². The summed E-state index contributed by atoms with van der Waals surface area (Å²) in [7, 11) is -1.07. The van der Waals surface area contributed by atoms with E-state index in [2.05, 4.69) is 0 Å². The number of hydrogen-bond acceptors (Lipinski definition) is 3. The third-order valence-electron chi connectivity index (χ3n) is 2.18. The molecular weight excluding hydrogens is 220 g/mol. The normalized spacial score (nSPS) is 11.4. The van der Waals surface area contributed by atoms with Crippen LogP contribution in [0.3, 0.4) is 0 Å². The molecule has 0 aromatic heterocycles. The van der Waals surface area contributed by atoms with Gasteiger partial charge in [0.1, 0.15) is 12.1 Å². The number of nitriles is 2. The van der Waals surface area contributed by atoms with Gasteiger partial charge in [0.2, 0.25) is 0 Å². The summed E-state index contributed by atoms with van der Waals surface area (Å²) in [4.78, 5) is 0.629. The van der Waals surface area contributed by atoms with E-state index >= 15 is 0 Å². The molecule has 16 heavy (non-hydrogen) atoms. The van der Waals surface area contributed by atoms with Gasteiger partial charge < -0.3 is 0 Å². The Balaban J connectivity index is 2.97. The van der Waals surface area contributed by atoms with E-state index in [4.69, 9.17) is 10.5 Å². The van der Waals surface area contributed by atoms with Crippen LogP contribution in [0.15, 0.2) is 23.1 Å². The quantitative estimate of drug-likeness (QED) is 0.800. The lowest BCUT2D eigenvalue weighted by Crippen LogP contribution is -1.99. The molecule has 4 heteroatoms. The molecule has 1 aromatic rings. The van der Waals surface area contributed by atoms with E-state index in [0.717, 1.165) is 12.8 Å². The lowest BCUT2D eigenvalue weighted by molar-refractivity contribution is 0.679. The van der Waals surface area contributed by atoms with E-state index in [1.807, 2.05) is 19.1 Å². The van der Waals surface area contributed by atoms with Crippen LogP contribution in [0.2, 0.25) is 0 Å². The molecule has 0 saturated carbocycles. The van der Waals surface area contributed by atoms with Gasteiger partial charge in [0.25, 0.3) is 0 Å². The van der Waals surface area contributed by atoms with Crippen LogP contribution in [0.5, 0.6) is 0 Å². The molecule has 0 saturated heterocycles. The summed E-state index contributed by atoms with van der Waals surface area (Å²) in [6, 6.07) is 8.63. The molecule has 0 N–H and O–H groups in total. The number of benzene rings is 1. The van der Waals surface area contributed by atoms with Crippen LogP contribution in [0.1, 0.15) is 30.9 Å². The summed E-state index contributed by atoms with van der Waals surface area (Å²) >= 11 is 0. The lowest BCUT2D eigenvalue weighted by atomic mass is 10.1. The molecule has 0 amide bonds. The highest BCUT2D eigenvalue weighted by Crippen LogP contribution is 2.14.